The van der Waals surface area contributed by atoms with E-state index < -0.39 is 17.8 Å². The molecule has 27 heavy (non-hydrogen) atoms. The summed E-state index contributed by atoms with van der Waals surface area (Å²) in [4.78, 5) is 38.7. The Hall–Kier alpha value is -3.40. The zero-order valence-corrected chi connectivity index (χ0v) is 14.6. The van der Waals surface area contributed by atoms with Gasteiger partial charge in [0.15, 0.2) is 0 Å². The van der Waals surface area contributed by atoms with Crippen LogP contribution in [0.2, 0.25) is 0 Å². The maximum Gasteiger partial charge on any atom is 0.331 e. The molecule has 1 aromatic carbocycles. The summed E-state index contributed by atoms with van der Waals surface area (Å²) in [5.41, 5.74) is 1.46. The Morgan fingerprint density at radius 1 is 1.19 bits per heavy atom. The third-order valence-corrected chi connectivity index (χ3v) is 5.18. The smallest absolute Gasteiger partial charge is 0.331 e. The van der Waals surface area contributed by atoms with E-state index in [4.69, 9.17) is 5.26 Å². The lowest BCUT2D eigenvalue weighted by Gasteiger charge is -2.31. The summed E-state index contributed by atoms with van der Waals surface area (Å²) in [5.74, 6) is -1.23. The van der Waals surface area contributed by atoms with Crippen molar-refractivity contribution in [3.05, 3.63) is 41.6 Å². The predicted octanol–water partition coefficient (Wildman–Crippen LogP) is 2.57. The Bertz CT molecular complexity index is 1020. The number of para-hydroxylation sites is 1. The lowest BCUT2D eigenvalue weighted by atomic mass is 10.0. The highest BCUT2D eigenvalue weighted by atomic mass is 16.2. The van der Waals surface area contributed by atoms with Crippen LogP contribution in [0, 0.1) is 11.3 Å². The van der Waals surface area contributed by atoms with Crippen molar-refractivity contribution in [3.8, 4) is 6.07 Å². The molecule has 4 amide bonds. The SMILES string of the molecule is N#CCn1cc(/C=C2\C(=O)NC(=O)N(C3CCCC3)C2=O)c2ccccc21. The number of rotatable bonds is 3. The van der Waals surface area contributed by atoms with Crippen molar-refractivity contribution in [2.45, 2.75) is 38.3 Å². The molecule has 1 saturated carbocycles. The van der Waals surface area contributed by atoms with E-state index >= 15 is 0 Å². The van der Waals surface area contributed by atoms with Crippen molar-refractivity contribution in [2.75, 3.05) is 0 Å². The molecule has 2 heterocycles. The third kappa shape index (κ3) is 2.89. The quantitative estimate of drug-likeness (QED) is 0.670. The Morgan fingerprint density at radius 2 is 1.93 bits per heavy atom. The van der Waals surface area contributed by atoms with Crippen LogP contribution in [-0.4, -0.2) is 33.4 Å². The number of carbonyl (C=O) groups excluding carboxylic acids is 3. The van der Waals surface area contributed by atoms with Gasteiger partial charge in [-0.15, -0.1) is 0 Å². The summed E-state index contributed by atoms with van der Waals surface area (Å²) in [6.45, 7) is 0.163. The highest BCUT2D eigenvalue weighted by Gasteiger charge is 2.40. The first kappa shape index (κ1) is 17.0. The number of amides is 4. The zero-order chi connectivity index (χ0) is 19.0. The molecule has 0 atom stereocenters. The second kappa shape index (κ2) is 6.72. The van der Waals surface area contributed by atoms with E-state index in [0.29, 0.717) is 5.56 Å². The van der Waals surface area contributed by atoms with Crippen LogP contribution in [0.5, 0.6) is 0 Å². The van der Waals surface area contributed by atoms with Gasteiger partial charge in [0.05, 0.1) is 6.07 Å². The van der Waals surface area contributed by atoms with Gasteiger partial charge in [-0.3, -0.25) is 19.8 Å². The van der Waals surface area contributed by atoms with Gasteiger partial charge in [-0.1, -0.05) is 31.0 Å². The van der Waals surface area contributed by atoms with Crippen LogP contribution in [0.3, 0.4) is 0 Å². The lowest BCUT2D eigenvalue weighted by molar-refractivity contribution is -0.131. The predicted molar refractivity (Wildman–Crippen MR) is 98.2 cm³/mol. The molecule has 0 unspecified atom stereocenters. The fourth-order valence-electron chi connectivity index (χ4n) is 3.92. The van der Waals surface area contributed by atoms with Gasteiger partial charge in [0.25, 0.3) is 11.8 Å². The van der Waals surface area contributed by atoms with Gasteiger partial charge in [0.1, 0.15) is 12.1 Å². The van der Waals surface area contributed by atoms with Crippen LogP contribution >= 0.6 is 0 Å². The molecule has 2 fully saturated rings. The van der Waals surface area contributed by atoms with Gasteiger partial charge in [-0.25, -0.2) is 4.79 Å². The zero-order valence-electron chi connectivity index (χ0n) is 14.6. The number of urea groups is 1. The van der Waals surface area contributed by atoms with Crippen molar-refractivity contribution in [3.63, 3.8) is 0 Å². The van der Waals surface area contributed by atoms with E-state index in [1.165, 1.54) is 11.0 Å². The molecule has 1 aromatic heterocycles. The Balaban J connectivity index is 1.77. The largest absolute Gasteiger partial charge is 0.333 e. The van der Waals surface area contributed by atoms with Crippen LogP contribution in [-0.2, 0) is 16.1 Å². The number of hydrogen-bond acceptors (Lipinski definition) is 4. The van der Waals surface area contributed by atoms with Gasteiger partial charge in [-0.2, -0.15) is 5.26 Å². The highest BCUT2D eigenvalue weighted by molar-refractivity contribution is 6.31. The molecule has 7 nitrogen and oxygen atoms in total. The van der Waals surface area contributed by atoms with Gasteiger partial charge < -0.3 is 4.57 Å². The van der Waals surface area contributed by atoms with Gasteiger partial charge >= 0.3 is 6.03 Å². The van der Waals surface area contributed by atoms with Gasteiger partial charge in [0.2, 0.25) is 0 Å². The summed E-state index contributed by atoms with van der Waals surface area (Å²) in [7, 11) is 0. The molecule has 0 spiro atoms. The normalized spacial score (nSPS) is 19.7. The van der Waals surface area contributed by atoms with Crippen molar-refractivity contribution in [1.29, 1.82) is 5.26 Å². The average molecular weight is 362 g/mol. The van der Waals surface area contributed by atoms with Crippen molar-refractivity contribution in [2.24, 2.45) is 0 Å². The standard InChI is InChI=1S/C20H18N4O3/c21-9-10-23-12-13(15-7-3-4-8-17(15)23)11-16-18(25)22-20(27)24(19(16)26)14-5-1-2-6-14/h3-4,7-8,11-12,14H,1-2,5-6,10H2,(H,22,25,27)/b16-11+. The van der Waals surface area contributed by atoms with Crippen LogP contribution < -0.4 is 5.32 Å². The molecule has 1 aliphatic heterocycles. The first-order chi connectivity index (χ1) is 13.1. The summed E-state index contributed by atoms with van der Waals surface area (Å²) < 4.78 is 1.77. The molecular weight excluding hydrogens is 344 g/mol. The molecule has 2 aliphatic rings. The van der Waals surface area contributed by atoms with Crippen molar-refractivity contribution < 1.29 is 14.4 Å². The number of nitrogens with zero attached hydrogens (tertiary/aromatic N) is 3. The topological polar surface area (TPSA) is 95.2 Å². The maximum atomic E-state index is 12.9. The summed E-state index contributed by atoms with van der Waals surface area (Å²) in [6.07, 6.45) is 6.73. The van der Waals surface area contributed by atoms with Crippen molar-refractivity contribution in [1.82, 2.24) is 14.8 Å². The first-order valence-electron chi connectivity index (χ1n) is 8.95. The van der Waals surface area contributed by atoms with Crippen LogP contribution in [0.1, 0.15) is 31.2 Å². The third-order valence-electron chi connectivity index (χ3n) is 5.18. The molecule has 2 aromatic rings. The number of imide groups is 2. The van der Waals surface area contributed by atoms with Crippen LogP contribution in [0.4, 0.5) is 4.79 Å². The van der Waals surface area contributed by atoms with E-state index in [1.54, 1.807) is 10.8 Å². The number of carbonyl (C=O) groups is 3. The number of aromatic nitrogens is 1. The molecule has 1 saturated heterocycles. The van der Waals surface area contributed by atoms with Gasteiger partial charge in [-0.05, 0) is 25.0 Å². The van der Waals surface area contributed by atoms with E-state index in [1.807, 2.05) is 24.3 Å². The lowest BCUT2D eigenvalue weighted by Crippen LogP contribution is -2.57. The fourth-order valence-corrected chi connectivity index (χ4v) is 3.92. The Morgan fingerprint density at radius 3 is 2.67 bits per heavy atom. The molecule has 0 bridgehead atoms. The molecule has 7 heteroatoms. The number of benzene rings is 1. The van der Waals surface area contributed by atoms with E-state index in [9.17, 15) is 14.4 Å². The molecule has 0 radical (unpaired) electrons. The maximum absolute atomic E-state index is 12.9. The summed E-state index contributed by atoms with van der Waals surface area (Å²) in [5, 5.41) is 12.2. The van der Waals surface area contributed by atoms with E-state index in [0.717, 1.165) is 36.6 Å². The molecule has 1 aliphatic carbocycles. The number of fused-ring (bicyclic) bond motifs is 1. The summed E-state index contributed by atoms with van der Waals surface area (Å²) in [6, 6.07) is 8.79. The molecule has 136 valence electrons. The second-order valence-corrected chi connectivity index (χ2v) is 6.82. The Kier molecular flexibility index (Phi) is 4.24. The van der Waals surface area contributed by atoms with Crippen molar-refractivity contribution >= 4 is 34.8 Å². The van der Waals surface area contributed by atoms with Crippen LogP contribution in [0.15, 0.2) is 36.0 Å². The molecule has 1 N–H and O–H groups in total. The number of nitriles is 1. The monoisotopic (exact) mass is 362 g/mol. The summed E-state index contributed by atoms with van der Waals surface area (Å²) >= 11 is 0. The Labute approximate surface area is 155 Å². The molecular formula is C20H18N4O3. The average Bonchev–Trinajstić information content (AvgIpc) is 3.28. The highest BCUT2D eigenvalue weighted by Crippen LogP contribution is 2.29. The second-order valence-electron chi connectivity index (χ2n) is 6.82. The first-order valence-corrected chi connectivity index (χ1v) is 8.95. The van der Waals surface area contributed by atoms with E-state index in [-0.39, 0.29) is 18.2 Å². The minimum atomic E-state index is -0.684. The van der Waals surface area contributed by atoms with Gasteiger partial charge in [0, 0.05) is 28.7 Å². The van der Waals surface area contributed by atoms with E-state index in [2.05, 4.69) is 11.4 Å². The number of nitrogens with one attached hydrogen (secondary N) is 1. The number of hydrogen-bond donors (Lipinski definition) is 1. The molecule has 4 rings (SSSR count). The fraction of sp³-hybridized carbons (Fsp3) is 0.300. The van der Waals surface area contributed by atoms with Crippen LogP contribution in [0.25, 0.3) is 17.0 Å². The minimum absolute atomic E-state index is 0.0543. The number of barbiturate groups is 1. The minimum Gasteiger partial charge on any atom is -0.333 e.